The van der Waals surface area contributed by atoms with Crippen LogP contribution in [0.5, 0.6) is 0 Å². The highest BCUT2D eigenvalue weighted by Gasteiger charge is 2.33. The van der Waals surface area contributed by atoms with Crippen molar-refractivity contribution in [3.63, 3.8) is 0 Å². The molecule has 0 aliphatic carbocycles. The van der Waals surface area contributed by atoms with Gasteiger partial charge < -0.3 is 10.1 Å². The molecular weight excluding hydrogens is 255 g/mol. The number of halogens is 1. The van der Waals surface area contributed by atoms with Crippen molar-refractivity contribution >= 4 is 16.9 Å². The van der Waals surface area contributed by atoms with Crippen LogP contribution in [0.1, 0.15) is 13.8 Å². The van der Waals surface area contributed by atoms with Gasteiger partial charge in [0.1, 0.15) is 11.4 Å². The number of carboxylic acids is 1. The second-order valence-corrected chi connectivity index (χ2v) is 4.62. The fourth-order valence-electron chi connectivity index (χ4n) is 1.79. The van der Waals surface area contributed by atoms with Crippen molar-refractivity contribution in [1.29, 1.82) is 0 Å². The Labute approximate surface area is 106 Å². The molecule has 0 unspecified atom stereocenters. The Bertz CT molecular complexity index is 788. The summed E-state index contributed by atoms with van der Waals surface area (Å²) in [6.45, 7) is 2.44. The summed E-state index contributed by atoms with van der Waals surface area (Å²) in [4.78, 5) is 37.5. The molecule has 6 nitrogen and oxygen atoms in total. The maximum absolute atomic E-state index is 13.1. The molecule has 1 heterocycles. The number of fused-ring (bicyclic) bond motifs is 1. The Morgan fingerprint density at radius 1 is 1.37 bits per heavy atom. The molecule has 7 heteroatoms. The molecule has 0 radical (unpaired) electrons. The maximum atomic E-state index is 13.1. The van der Waals surface area contributed by atoms with Gasteiger partial charge in [0.25, 0.3) is 5.56 Å². The highest BCUT2D eigenvalue weighted by molar-refractivity contribution is 5.79. The van der Waals surface area contributed by atoms with E-state index in [4.69, 9.17) is 5.11 Å². The van der Waals surface area contributed by atoms with Crippen molar-refractivity contribution in [3.8, 4) is 0 Å². The van der Waals surface area contributed by atoms with E-state index in [1.54, 1.807) is 0 Å². The summed E-state index contributed by atoms with van der Waals surface area (Å²) in [6, 6.07) is 3.32. The quantitative estimate of drug-likeness (QED) is 0.834. The average molecular weight is 266 g/mol. The molecule has 0 aliphatic heterocycles. The van der Waals surface area contributed by atoms with Crippen LogP contribution in [0.2, 0.25) is 0 Å². The van der Waals surface area contributed by atoms with Gasteiger partial charge in [-0.1, -0.05) is 0 Å². The Balaban J connectivity index is 2.95. The minimum atomic E-state index is -1.73. The normalized spacial score (nSPS) is 11.7. The fraction of sp³-hybridized carbons (Fsp3) is 0.250. The molecule has 0 saturated carbocycles. The molecule has 2 aromatic rings. The number of rotatable bonds is 2. The number of aromatic nitrogens is 2. The molecular formula is C12H11FN2O4. The first-order valence-corrected chi connectivity index (χ1v) is 5.43. The van der Waals surface area contributed by atoms with E-state index in [2.05, 4.69) is 4.98 Å². The minimum absolute atomic E-state index is 0.0751. The number of aliphatic carboxylic acids is 1. The van der Waals surface area contributed by atoms with Crippen LogP contribution in [0.15, 0.2) is 27.8 Å². The van der Waals surface area contributed by atoms with Crippen LogP contribution in [-0.2, 0) is 10.3 Å². The molecule has 0 fully saturated rings. The third-order valence-corrected chi connectivity index (χ3v) is 2.94. The lowest BCUT2D eigenvalue weighted by Gasteiger charge is -2.21. The largest absolute Gasteiger partial charge is 0.480 e. The third-order valence-electron chi connectivity index (χ3n) is 2.94. The second-order valence-electron chi connectivity index (χ2n) is 4.62. The maximum Gasteiger partial charge on any atom is 0.329 e. The first-order valence-electron chi connectivity index (χ1n) is 5.43. The van der Waals surface area contributed by atoms with Crippen molar-refractivity contribution in [2.24, 2.45) is 0 Å². The molecule has 0 aliphatic rings. The number of nitrogens with one attached hydrogen (secondary N) is 1. The molecule has 0 bridgehead atoms. The Hall–Kier alpha value is -2.44. The Morgan fingerprint density at radius 2 is 2.00 bits per heavy atom. The van der Waals surface area contributed by atoms with Gasteiger partial charge in [-0.25, -0.2) is 18.5 Å². The van der Waals surface area contributed by atoms with E-state index in [1.807, 2.05) is 0 Å². The fourth-order valence-corrected chi connectivity index (χ4v) is 1.79. The molecule has 1 aromatic carbocycles. The highest BCUT2D eigenvalue weighted by Crippen LogP contribution is 2.13. The van der Waals surface area contributed by atoms with E-state index in [-0.39, 0.29) is 10.9 Å². The molecule has 1 aromatic heterocycles. The number of aromatic amines is 1. The molecule has 19 heavy (non-hydrogen) atoms. The molecule has 2 rings (SSSR count). The minimum Gasteiger partial charge on any atom is -0.480 e. The summed E-state index contributed by atoms with van der Waals surface area (Å²) >= 11 is 0. The van der Waals surface area contributed by atoms with Gasteiger partial charge in [-0.05, 0) is 32.0 Å². The van der Waals surface area contributed by atoms with Crippen LogP contribution in [0, 0.1) is 5.82 Å². The first kappa shape index (κ1) is 13.0. The molecule has 0 spiro atoms. The number of carboxylic acid groups (broad SMARTS) is 1. The summed E-state index contributed by atoms with van der Waals surface area (Å²) in [5.74, 6) is -1.98. The van der Waals surface area contributed by atoms with Crippen LogP contribution in [-0.4, -0.2) is 20.6 Å². The molecule has 0 atom stereocenters. The van der Waals surface area contributed by atoms with Crippen molar-refractivity contribution in [1.82, 2.24) is 9.55 Å². The van der Waals surface area contributed by atoms with Gasteiger partial charge in [-0.2, -0.15) is 0 Å². The van der Waals surface area contributed by atoms with Gasteiger partial charge >= 0.3 is 11.7 Å². The van der Waals surface area contributed by atoms with Gasteiger partial charge in [0.05, 0.1) is 10.9 Å². The number of carbonyl (C=O) groups is 1. The number of nitrogens with zero attached hydrogens (tertiary/aromatic N) is 1. The van der Waals surface area contributed by atoms with Gasteiger partial charge in [0.2, 0.25) is 0 Å². The van der Waals surface area contributed by atoms with Gasteiger partial charge in [0.15, 0.2) is 0 Å². The average Bonchev–Trinajstić information content (AvgIpc) is 2.30. The summed E-state index contributed by atoms with van der Waals surface area (Å²) in [6.07, 6.45) is 0. The Morgan fingerprint density at radius 3 is 2.58 bits per heavy atom. The monoisotopic (exact) mass is 266 g/mol. The zero-order chi connectivity index (χ0) is 14.4. The number of hydrogen-bond donors (Lipinski definition) is 2. The number of H-pyrrole nitrogens is 1. The number of benzene rings is 1. The third kappa shape index (κ3) is 1.92. The zero-order valence-corrected chi connectivity index (χ0v) is 10.2. The smallest absolute Gasteiger partial charge is 0.329 e. The van der Waals surface area contributed by atoms with Crippen LogP contribution >= 0.6 is 0 Å². The lowest BCUT2D eigenvalue weighted by atomic mass is 10.1. The number of hydrogen-bond acceptors (Lipinski definition) is 3. The summed E-state index contributed by atoms with van der Waals surface area (Å²) in [7, 11) is 0. The van der Waals surface area contributed by atoms with E-state index in [9.17, 15) is 18.8 Å². The predicted octanol–water partition coefficient (Wildman–Crippen LogP) is 0.649. The lowest BCUT2D eigenvalue weighted by Crippen LogP contribution is -2.50. The van der Waals surface area contributed by atoms with Crippen molar-refractivity contribution in [2.45, 2.75) is 19.4 Å². The highest BCUT2D eigenvalue weighted by atomic mass is 19.1. The molecule has 2 N–H and O–H groups in total. The summed E-state index contributed by atoms with van der Waals surface area (Å²) < 4.78 is 13.7. The van der Waals surface area contributed by atoms with Gasteiger partial charge in [-0.15, -0.1) is 0 Å². The molecule has 100 valence electrons. The SMILES string of the molecule is CC(C)(C(=O)O)n1c(=O)[nH]c2ccc(F)cc2c1=O. The molecule has 0 saturated heterocycles. The standard InChI is InChI=1S/C12H11FN2O4/c1-12(2,10(17)18)15-9(16)7-5-6(13)3-4-8(7)14-11(15)19/h3-5H,1-2H3,(H,14,19)(H,17,18). The second kappa shape index (κ2) is 4.04. The van der Waals surface area contributed by atoms with E-state index in [0.29, 0.717) is 4.57 Å². The van der Waals surface area contributed by atoms with Gasteiger partial charge in [-0.3, -0.25) is 4.79 Å². The van der Waals surface area contributed by atoms with E-state index < -0.39 is 28.6 Å². The van der Waals surface area contributed by atoms with Crippen LogP contribution in [0.4, 0.5) is 4.39 Å². The Kier molecular flexibility index (Phi) is 2.77. The van der Waals surface area contributed by atoms with Crippen molar-refractivity contribution < 1.29 is 14.3 Å². The van der Waals surface area contributed by atoms with Crippen molar-refractivity contribution in [3.05, 3.63) is 44.9 Å². The lowest BCUT2D eigenvalue weighted by molar-refractivity contribution is -0.146. The first-order chi connectivity index (χ1) is 8.75. The van der Waals surface area contributed by atoms with Crippen LogP contribution in [0.3, 0.4) is 0 Å². The summed E-state index contributed by atoms with van der Waals surface area (Å²) in [5, 5.41) is 9.01. The van der Waals surface area contributed by atoms with E-state index >= 15 is 0 Å². The topological polar surface area (TPSA) is 92.2 Å². The van der Waals surface area contributed by atoms with Gasteiger partial charge in [0, 0.05) is 0 Å². The van der Waals surface area contributed by atoms with E-state index in [1.165, 1.54) is 19.9 Å². The van der Waals surface area contributed by atoms with E-state index in [0.717, 1.165) is 12.1 Å². The molecule has 0 amide bonds. The summed E-state index contributed by atoms with van der Waals surface area (Å²) in [5.41, 5.74) is -3.26. The van der Waals surface area contributed by atoms with Crippen molar-refractivity contribution in [2.75, 3.05) is 0 Å². The van der Waals surface area contributed by atoms with Crippen LogP contribution < -0.4 is 11.2 Å². The van der Waals surface area contributed by atoms with Crippen LogP contribution in [0.25, 0.3) is 10.9 Å². The predicted molar refractivity (Wildman–Crippen MR) is 65.7 cm³/mol. The zero-order valence-electron chi connectivity index (χ0n) is 10.2.